The number of carbonyl (C=O) groups is 2. The number of nitro benzene ring substituents is 1. The number of rotatable bonds is 5. The zero-order valence-corrected chi connectivity index (χ0v) is 9.47. The standard InChI is InChI=1S/C10H11N3O5/c1-11-9(14)5-12-7-4-6(10(15)16)2-3-8(7)13(17)18/h2-4,12H,5H2,1H3,(H,11,14)(H,15,16). The van der Waals surface area contributed by atoms with E-state index in [2.05, 4.69) is 10.6 Å². The fourth-order valence-electron chi connectivity index (χ4n) is 1.23. The van der Waals surface area contributed by atoms with Crippen molar-refractivity contribution in [1.82, 2.24) is 5.32 Å². The number of hydrogen-bond acceptors (Lipinski definition) is 5. The highest BCUT2D eigenvalue weighted by Gasteiger charge is 2.16. The highest BCUT2D eigenvalue weighted by molar-refractivity contribution is 5.90. The largest absolute Gasteiger partial charge is 0.478 e. The Bertz CT molecular complexity index is 500. The number of carbonyl (C=O) groups excluding carboxylic acids is 1. The molecule has 0 atom stereocenters. The van der Waals surface area contributed by atoms with Gasteiger partial charge in [-0.2, -0.15) is 0 Å². The van der Waals surface area contributed by atoms with Crippen molar-refractivity contribution in [3.05, 3.63) is 33.9 Å². The van der Waals surface area contributed by atoms with Gasteiger partial charge in [-0.25, -0.2) is 4.79 Å². The summed E-state index contributed by atoms with van der Waals surface area (Å²) in [6, 6.07) is 3.32. The molecule has 8 heteroatoms. The summed E-state index contributed by atoms with van der Waals surface area (Å²) < 4.78 is 0. The molecule has 0 aliphatic heterocycles. The lowest BCUT2D eigenvalue weighted by Gasteiger charge is -2.07. The molecule has 0 bridgehead atoms. The first-order chi connectivity index (χ1) is 8.45. The van der Waals surface area contributed by atoms with Crippen molar-refractivity contribution in [1.29, 1.82) is 0 Å². The zero-order chi connectivity index (χ0) is 13.7. The SMILES string of the molecule is CNC(=O)CNc1cc(C(=O)O)ccc1[N+](=O)[O-]. The normalized spacial score (nSPS) is 9.61. The molecule has 0 saturated carbocycles. The van der Waals surface area contributed by atoms with E-state index >= 15 is 0 Å². The van der Waals surface area contributed by atoms with Crippen LogP contribution in [0, 0.1) is 10.1 Å². The second-order valence-corrected chi connectivity index (χ2v) is 3.32. The number of nitro groups is 1. The van der Waals surface area contributed by atoms with E-state index in [0.717, 1.165) is 18.2 Å². The summed E-state index contributed by atoms with van der Waals surface area (Å²) in [5.74, 6) is -1.57. The van der Waals surface area contributed by atoms with E-state index in [9.17, 15) is 19.7 Å². The maximum atomic E-state index is 11.0. The zero-order valence-electron chi connectivity index (χ0n) is 9.47. The molecule has 0 aromatic heterocycles. The first kappa shape index (κ1) is 13.4. The first-order valence-electron chi connectivity index (χ1n) is 4.92. The summed E-state index contributed by atoms with van der Waals surface area (Å²) in [6.07, 6.45) is 0. The van der Waals surface area contributed by atoms with Crippen LogP contribution in [-0.2, 0) is 4.79 Å². The summed E-state index contributed by atoms with van der Waals surface area (Å²) in [4.78, 5) is 31.9. The molecule has 0 heterocycles. The molecule has 0 spiro atoms. The monoisotopic (exact) mass is 253 g/mol. The van der Waals surface area contributed by atoms with E-state index < -0.39 is 10.9 Å². The second kappa shape index (κ2) is 5.62. The maximum Gasteiger partial charge on any atom is 0.335 e. The lowest BCUT2D eigenvalue weighted by molar-refractivity contribution is -0.383. The molecule has 0 aliphatic carbocycles. The minimum absolute atomic E-state index is 0.0106. The van der Waals surface area contributed by atoms with E-state index in [4.69, 9.17) is 5.11 Å². The number of carboxylic acid groups (broad SMARTS) is 1. The van der Waals surface area contributed by atoms with Gasteiger partial charge in [-0.05, 0) is 12.1 Å². The molecule has 18 heavy (non-hydrogen) atoms. The molecule has 0 unspecified atom stereocenters. The predicted molar refractivity (Wildman–Crippen MR) is 62.6 cm³/mol. The molecule has 1 aromatic rings. The van der Waals surface area contributed by atoms with E-state index in [1.807, 2.05) is 0 Å². The third-order valence-corrected chi connectivity index (χ3v) is 2.16. The van der Waals surface area contributed by atoms with E-state index in [1.165, 1.54) is 7.05 Å². The Morgan fingerprint density at radius 1 is 1.44 bits per heavy atom. The molecular weight excluding hydrogens is 242 g/mol. The number of aromatic carboxylic acids is 1. The van der Waals surface area contributed by atoms with Gasteiger partial charge in [0, 0.05) is 13.1 Å². The quantitative estimate of drug-likeness (QED) is 0.517. The molecule has 8 nitrogen and oxygen atoms in total. The van der Waals surface area contributed by atoms with Gasteiger partial charge in [0.15, 0.2) is 0 Å². The Kier molecular flexibility index (Phi) is 4.19. The van der Waals surface area contributed by atoms with Gasteiger partial charge >= 0.3 is 5.97 Å². The van der Waals surface area contributed by atoms with Crippen LogP contribution in [0.1, 0.15) is 10.4 Å². The lowest BCUT2D eigenvalue weighted by atomic mass is 10.1. The number of nitrogens with zero attached hydrogens (tertiary/aromatic N) is 1. The van der Waals surface area contributed by atoms with Gasteiger partial charge in [0.25, 0.3) is 5.69 Å². The molecule has 96 valence electrons. The molecular formula is C10H11N3O5. The number of anilines is 1. The van der Waals surface area contributed by atoms with Crippen LogP contribution in [0.5, 0.6) is 0 Å². The van der Waals surface area contributed by atoms with Crippen LogP contribution < -0.4 is 10.6 Å². The van der Waals surface area contributed by atoms with Crippen molar-refractivity contribution < 1.29 is 19.6 Å². The van der Waals surface area contributed by atoms with Gasteiger partial charge in [-0.3, -0.25) is 14.9 Å². The summed E-state index contributed by atoms with van der Waals surface area (Å²) in [6.45, 7) is -0.180. The minimum atomic E-state index is -1.20. The Morgan fingerprint density at radius 3 is 2.61 bits per heavy atom. The molecule has 1 aromatic carbocycles. The summed E-state index contributed by atoms with van der Waals surface area (Å²) in [7, 11) is 1.42. The van der Waals surface area contributed by atoms with Crippen molar-refractivity contribution in [3.8, 4) is 0 Å². The van der Waals surface area contributed by atoms with Crippen LogP contribution in [0.3, 0.4) is 0 Å². The van der Waals surface area contributed by atoms with Crippen molar-refractivity contribution in [2.24, 2.45) is 0 Å². The number of nitrogens with one attached hydrogen (secondary N) is 2. The lowest BCUT2D eigenvalue weighted by Crippen LogP contribution is -2.26. The van der Waals surface area contributed by atoms with Crippen LogP contribution in [0.15, 0.2) is 18.2 Å². The Morgan fingerprint density at radius 2 is 2.11 bits per heavy atom. The van der Waals surface area contributed by atoms with E-state index in [1.54, 1.807) is 0 Å². The molecule has 3 N–H and O–H groups in total. The highest BCUT2D eigenvalue weighted by Crippen LogP contribution is 2.25. The average Bonchev–Trinajstić information content (AvgIpc) is 2.35. The number of benzene rings is 1. The van der Waals surface area contributed by atoms with Crippen molar-refractivity contribution in [3.63, 3.8) is 0 Å². The fourth-order valence-corrected chi connectivity index (χ4v) is 1.23. The smallest absolute Gasteiger partial charge is 0.335 e. The van der Waals surface area contributed by atoms with Crippen LogP contribution in [-0.4, -0.2) is 35.5 Å². The molecule has 0 saturated heterocycles. The van der Waals surface area contributed by atoms with Crippen LogP contribution in [0.2, 0.25) is 0 Å². The molecule has 1 amide bonds. The van der Waals surface area contributed by atoms with Gasteiger partial charge < -0.3 is 15.7 Å². The molecule has 0 radical (unpaired) electrons. The molecule has 0 fully saturated rings. The second-order valence-electron chi connectivity index (χ2n) is 3.32. The predicted octanol–water partition coefficient (Wildman–Crippen LogP) is 0.451. The van der Waals surface area contributed by atoms with E-state index in [-0.39, 0.29) is 29.4 Å². The van der Waals surface area contributed by atoms with Gasteiger partial charge in [-0.1, -0.05) is 0 Å². The van der Waals surface area contributed by atoms with Gasteiger partial charge in [0.1, 0.15) is 5.69 Å². The number of likely N-dealkylation sites (N-methyl/N-ethyl adjacent to an activating group) is 1. The average molecular weight is 253 g/mol. The summed E-state index contributed by atoms with van der Waals surface area (Å²) in [5, 5.41) is 24.4. The van der Waals surface area contributed by atoms with Gasteiger partial charge in [-0.15, -0.1) is 0 Å². The van der Waals surface area contributed by atoms with Gasteiger partial charge in [0.2, 0.25) is 5.91 Å². The summed E-state index contributed by atoms with van der Waals surface area (Å²) >= 11 is 0. The topological polar surface area (TPSA) is 122 Å². The van der Waals surface area contributed by atoms with Gasteiger partial charge in [0.05, 0.1) is 17.0 Å². The number of carboxylic acids is 1. The van der Waals surface area contributed by atoms with Crippen LogP contribution in [0.25, 0.3) is 0 Å². The first-order valence-corrected chi connectivity index (χ1v) is 4.92. The number of hydrogen-bond donors (Lipinski definition) is 3. The Hall–Kier alpha value is -2.64. The number of amides is 1. The van der Waals surface area contributed by atoms with Crippen molar-refractivity contribution in [2.75, 3.05) is 18.9 Å². The van der Waals surface area contributed by atoms with Crippen LogP contribution in [0.4, 0.5) is 11.4 Å². The minimum Gasteiger partial charge on any atom is -0.478 e. The molecule has 1 rings (SSSR count). The maximum absolute atomic E-state index is 11.0. The fraction of sp³-hybridized carbons (Fsp3) is 0.200. The van der Waals surface area contributed by atoms with Crippen molar-refractivity contribution in [2.45, 2.75) is 0 Å². The van der Waals surface area contributed by atoms with Crippen molar-refractivity contribution >= 4 is 23.3 Å². The summed E-state index contributed by atoms with van der Waals surface area (Å²) in [5.41, 5.74) is -0.396. The highest BCUT2D eigenvalue weighted by atomic mass is 16.6. The Labute approximate surface area is 102 Å². The third kappa shape index (κ3) is 3.17. The Balaban J connectivity index is 3.03. The third-order valence-electron chi connectivity index (χ3n) is 2.16. The van der Waals surface area contributed by atoms with E-state index in [0.29, 0.717) is 0 Å². The molecule has 0 aliphatic rings. The van der Waals surface area contributed by atoms with Crippen LogP contribution >= 0.6 is 0 Å².